The fraction of sp³-hybridized carbons (Fsp3) is 0.286. The Bertz CT molecular complexity index is 1020. The number of amides is 2. The summed E-state index contributed by atoms with van der Waals surface area (Å²) in [6, 6.07) is 9.36. The molecule has 1 aliphatic rings. The molecule has 2 aromatic carbocycles. The molecule has 0 saturated carbocycles. The highest BCUT2D eigenvalue weighted by molar-refractivity contribution is 6.39. The number of benzene rings is 2. The first kappa shape index (κ1) is 22.5. The first-order chi connectivity index (χ1) is 14.8. The molecule has 0 radical (unpaired) electrons. The van der Waals surface area contributed by atoms with Crippen LogP contribution >= 0.6 is 11.6 Å². The molecule has 0 unspecified atom stereocenters. The van der Waals surface area contributed by atoms with Gasteiger partial charge in [-0.2, -0.15) is 0 Å². The predicted molar refractivity (Wildman–Crippen MR) is 117 cm³/mol. The highest BCUT2D eigenvalue weighted by Gasteiger charge is 2.35. The van der Waals surface area contributed by atoms with Gasteiger partial charge in [0.15, 0.2) is 0 Å². The summed E-state index contributed by atoms with van der Waals surface area (Å²) in [5, 5.41) is 8.20. The van der Waals surface area contributed by atoms with Crippen molar-refractivity contribution in [2.45, 2.75) is 19.0 Å². The van der Waals surface area contributed by atoms with E-state index in [1.54, 1.807) is 0 Å². The molecule has 0 heterocycles. The maximum absolute atomic E-state index is 13.6. The van der Waals surface area contributed by atoms with Crippen LogP contribution in [-0.4, -0.2) is 31.4 Å². The van der Waals surface area contributed by atoms with E-state index < -0.39 is 23.7 Å². The zero-order chi connectivity index (χ0) is 22.5. The summed E-state index contributed by atoms with van der Waals surface area (Å²) in [7, 11) is 1.87. The van der Waals surface area contributed by atoms with E-state index in [1.165, 1.54) is 12.1 Å². The lowest BCUT2D eigenvalue weighted by atomic mass is 10.0. The molecular formula is C21H25ClFN6O2+. The second-order valence-electron chi connectivity index (χ2n) is 7.40. The third kappa shape index (κ3) is 5.50. The lowest BCUT2D eigenvalue weighted by Gasteiger charge is -2.20. The Hall–Kier alpha value is -3.17. The number of hydrogen-bond acceptors (Lipinski definition) is 3. The minimum Gasteiger partial charge on any atom is -0.341 e. The highest BCUT2D eigenvalue weighted by atomic mass is 35.5. The number of guanidine groups is 1. The summed E-state index contributed by atoms with van der Waals surface area (Å²) < 4.78 is 13.6. The molecule has 0 bridgehead atoms. The van der Waals surface area contributed by atoms with Gasteiger partial charge < -0.3 is 16.0 Å². The van der Waals surface area contributed by atoms with Crippen molar-refractivity contribution in [3.63, 3.8) is 0 Å². The fourth-order valence-electron chi connectivity index (χ4n) is 3.71. The van der Waals surface area contributed by atoms with Crippen molar-refractivity contribution in [3.8, 4) is 0 Å². The van der Waals surface area contributed by atoms with E-state index in [2.05, 4.69) is 27.0 Å². The number of nitrogens with one attached hydrogen (secondary N) is 4. The normalized spacial score (nSPS) is 17.0. The molecule has 3 rings (SSSR count). The number of halogens is 2. The van der Waals surface area contributed by atoms with E-state index in [9.17, 15) is 14.0 Å². The lowest BCUT2D eigenvalue weighted by Crippen LogP contribution is -2.79. The van der Waals surface area contributed by atoms with Crippen LogP contribution in [0, 0.1) is 11.7 Å². The summed E-state index contributed by atoms with van der Waals surface area (Å²) in [4.78, 5) is 27.9. The van der Waals surface area contributed by atoms with Gasteiger partial charge in [0.05, 0.1) is 17.6 Å². The topological polar surface area (TPSA) is 136 Å². The minimum atomic E-state index is -0.904. The van der Waals surface area contributed by atoms with Gasteiger partial charge >= 0.3 is 17.8 Å². The van der Waals surface area contributed by atoms with Gasteiger partial charge in [-0.15, -0.1) is 0 Å². The summed E-state index contributed by atoms with van der Waals surface area (Å²) in [5.74, 6) is -2.41. The van der Waals surface area contributed by atoms with Crippen LogP contribution in [0.25, 0.3) is 0 Å². The van der Waals surface area contributed by atoms with Crippen molar-refractivity contribution in [3.05, 3.63) is 63.9 Å². The number of hydrogen-bond donors (Lipinski definition) is 6. The van der Waals surface area contributed by atoms with Gasteiger partial charge in [-0.1, -0.05) is 29.8 Å². The Morgan fingerprint density at radius 3 is 2.65 bits per heavy atom. The Kier molecular flexibility index (Phi) is 7.09. The third-order valence-electron chi connectivity index (χ3n) is 5.12. The standard InChI is InChI=1S/C21H24ClFN6O2/c1-26-9-11-2-4-15-12(6-11)7-13(10-27-21(24)25)18(15)29-20(31)19(30)28-14-3-5-16(22)17(23)8-14/h2-6,8,13,18,26H,7,9-10H2,1H3,(H,28,30)(H,29,31)(H4,24,25,27)/p+1/t13-,18-/m1/s1. The molecule has 164 valence electrons. The molecule has 2 amide bonds. The Labute approximate surface area is 184 Å². The molecule has 0 spiro atoms. The van der Waals surface area contributed by atoms with Crippen molar-refractivity contribution in [2.75, 3.05) is 18.9 Å². The molecule has 0 aliphatic heterocycles. The monoisotopic (exact) mass is 447 g/mol. The first-order valence-electron chi connectivity index (χ1n) is 9.73. The average molecular weight is 448 g/mol. The number of fused-ring (bicyclic) bond motifs is 1. The van der Waals surface area contributed by atoms with Crippen molar-refractivity contribution in [1.82, 2.24) is 10.6 Å². The van der Waals surface area contributed by atoms with Crippen LogP contribution in [-0.2, 0) is 22.6 Å². The highest BCUT2D eigenvalue weighted by Crippen LogP contribution is 2.36. The Balaban J connectivity index is 1.77. The van der Waals surface area contributed by atoms with Gasteiger partial charge in [-0.05, 0) is 48.4 Å². The smallest absolute Gasteiger partial charge is 0.338 e. The molecular weight excluding hydrogens is 423 g/mol. The largest absolute Gasteiger partial charge is 0.341 e. The van der Waals surface area contributed by atoms with Crippen LogP contribution in [0.5, 0.6) is 0 Å². The second kappa shape index (κ2) is 9.76. The summed E-state index contributed by atoms with van der Waals surface area (Å²) in [6.07, 6.45) is 0.683. The molecule has 31 heavy (non-hydrogen) atoms. The second-order valence-corrected chi connectivity index (χ2v) is 7.81. The van der Waals surface area contributed by atoms with Crippen LogP contribution < -0.4 is 32.4 Å². The van der Waals surface area contributed by atoms with Crippen molar-refractivity contribution in [1.29, 1.82) is 0 Å². The number of nitrogens with two attached hydrogens (primary N) is 2. The summed E-state index contributed by atoms with van der Waals surface area (Å²) in [5.41, 5.74) is 14.3. The fourth-order valence-corrected chi connectivity index (χ4v) is 3.83. The van der Waals surface area contributed by atoms with Crippen LogP contribution in [0.4, 0.5) is 10.1 Å². The number of rotatable bonds is 6. The SMILES string of the molecule is CNCc1ccc2c(c1)C[C@H](C[NH+]=C(N)N)[C@H]2NC(=O)C(=O)Nc1ccc(Cl)c(F)c1. The predicted octanol–water partition coefficient (Wildman–Crippen LogP) is -0.479. The maximum Gasteiger partial charge on any atom is 0.338 e. The molecule has 2 aromatic rings. The maximum atomic E-state index is 13.6. The summed E-state index contributed by atoms with van der Waals surface area (Å²) in [6.45, 7) is 1.14. The van der Waals surface area contributed by atoms with E-state index in [1.807, 2.05) is 19.2 Å². The lowest BCUT2D eigenvalue weighted by molar-refractivity contribution is -0.468. The number of carbonyl (C=O) groups excluding carboxylic acids is 2. The number of anilines is 1. The zero-order valence-corrected chi connectivity index (χ0v) is 17.7. The Morgan fingerprint density at radius 1 is 1.19 bits per heavy atom. The third-order valence-corrected chi connectivity index (χ3v) is 5.42. The molecule has 8 N–H and O–H groups in total. The van der Waals surface area contributed by atoms with Gasteiger partial charge in [0.25, 0.3) is 0 Å². The van der Waals surface area contributed by atoms with E-state index in [4.69, 9.17) is 23.1 Å². The number of carbonyl (C=O) groups is 2. The molecule has 10 heteroatoms. The summed E-state index contributed by atoms with van der Waals surface area (Å²) >= 11 is 5.64. The van der Waals surface area contributed by atoms with Gasteiger partial charge in [-0.3, -0.25) is 26.0 Å². The quantitative estimate of drug-likeness (QED) is 0.202. The van der Waals surface area contributed by atoms with Crippen LogP contribution in [0.1, 0.15) is 22.7 Å². The molecule has 0 fully saturated rings. The van der Waals surface area contributed by atoms with E-state index >= 15 is 0 Å². The van der Waals surface area contributed by atoms with Gasteiger partial charge in [-0.25, -0.2) is 4.39 Å². The van der Waals surface area contributed by atoms with Crippen molar-refractivity contribution in [2.24, 2.45) is 17.4 Å². The van der Waals surface area contributed by atoms with E-state index in [-0.39, 0.29) is 22.6 Å². The molecule has 0 aromatic heterocycles. The van der Waals surface area contributed by atoms with Crippen LogP contribution in [0.15, 0.2) is 36.4 Å². The minimum absolute atomic E-state index is 0.0633. The van der Waals surface area contributed by atoms with E-state index in [0.717, 1.165) is 29.3 Å². The van der Waals surface area contributed by atoms with Gasteiger partial charge in [0, 0.05) is 18.2 Å². The van der Waals surface area contributed by atoms with Crippen molar-refractivity contribution >= 4 is 35.1 Å². The van der Waals surface area contributed by atoms with E-state index in [0.29, 0.717) is 13.0 Å². The molecule has 8 nitrogen and oxygen atoms in total. The first-order valence-corrected chi connectivity index (χ1v) is 10.1. The molecule has 0 saturated heterocycles. The zero-order valence-electron chi connectivity index (χ0n) is 17.0. The molecule has 2 atom stereocenters. The van der Waals surface area contributed by atoms with Gasteiger partial charge in [0.2, 0.25) is 0 Å². The Morgan fingerprint density at radius 2 is 1.97 bits per heavy atom. The van der Waals surface area contributed by atoms with Crippen molar-refractivity contribution < 1.29 is 19.0 Å². The average Bonchev–Trinajstić information content (AvgIpc) is 3.06. The van der Waals surface area contributed by atoms with Gasteiger partial charge in [0.1, 0.15) is 5.82 Å². The van der Waals surface area contributed by atoms with Crippen LogP contribution in [0.2, 0.25) is 5.02 Å². The molecule has 1 aliphatic carbocycles. The van der Waals surface area contributed by atoms with Crippen LogP contribution in [0.3, 0.4) is 0 Å².